The Hall–Kier alpha value is -2.13. The Labute approximate surface area is 109 Å². The third kappa shape index (κ3) is 1.89. The molecule has 0 fully saturated rings. The van der Waals surface area contributed by atoms with Crippen LogP contribution in [0.5, 0.6) is 0 Å². The summed E-state index contributed by atoms with van der Waals surface area (Å²) in [6, 6.07) is 13.9. The molecule has 87 valence electrons. The minimum Gasteiger partial charge on any atom is -0.313 e. The topological polar surface area (TPSA) is 22.0 Å². The fourth-order valence-corrected chi connectivity index (χ4v) is 2.60. The first kappa shape index (κ1) is 11.0. The zero-order chi connectivity index (χ0) is 12.4. The van der Waals surface area contributed by atoms with Crippen LogP contribution in [0, 0.1) is 0 Å². The molecule has 2 heterocycles. The van der Waals surface area contributed by atoms with Crippen molar-refractivity contribution in [3.8, 4) is 0 Å². The fraction of sp³-hybridized carbons (Fsp3) is 0. The Morgan fingerprint density at radius 3 is 2.83 bits per heavy atom. The van der Waals surface area contributed by atoms with Crippen LogP contribution in [0.15, 0.2) is 54.0 Å². The van der Waals surface area contributed by atoms with Gasteiger partial charge < -0.3 is 4.57 Å². The standard InChI is InChI=1S/C15H10NOS/c17-11-13(10-14-5-3-9-18-14)16-8-7-12-4-1-2-6-15(12)16/h1-10H. The molecule has 2 nitrogen and oxygen atoms in total. The highest BCUT2D eigenvalue weighted by atomic mass is 32.1. The Kier molecular flexibility index (Phi) is 2.82. The lowest BCUT2D eigenvalue weighted by atomic mass is 10.2. The lowest BCUT2D eigenvalue weighted by molar-refractivity contribution is 0.564. The van der Waals surface area contributed by atoms with E-state index < -0.39 is 0 Å². The zero-order valence-electron chi connectivity index (χ0n) is 9.54. The molecule has 0 saturated heterocycles. The van der Waals surface area contributed by atoms with Gasteiger partial charge in [-0.3, -0.25) is 4.79 Å². The van der Waals surface area contributed by atoms with Gasteiger partial charge in [0, 0.05) is 11.1 Å². The monoisotopic (exact) mass is 252 g/mol. The molecule has 3 heteroatoms. The van der Waals surface area contributed by atoms with Crippen LogP contribution >= 0.6 is 11.3 Å². The molecule has 0 amide bonds. The second kappa shape index (κ2) is 4.63. The number of allylic oxidation sites excluding steroid dienone is 1. The maximum Gasteiger partial charge on any atom is 0.251 e. The number of thiophene rings is 1. The predicted molar refractivity (Wildman–Crippen MR) is 76.1 cm³/mol. The highest BCUT2D eigenvalue weighted by Crippen LogP contribution is 2.21. The maximum absolute atomic E-state index is 11.2. The van der Waals surface area contributed by atoms with Crippen LogP contribution in [0.25, 0.3) is 22.7 Å². The summed E-state index contributed by atoms with van der Waals surface area (Å²) in [4.78, 5) is 12.2. The number of hydrogen-bond donors (Lipinski definition) is 0. The van der Waals surface area contributed by atoms with Crippen molar-refractivity contribution < 1.29 is 4.79 Å². The molecule has 0 unspecified atom stereocenters. The number of para-hydroxylation sites is 1. The molecule has 1 aromatic carbocycles. The van der Waals surface area contributed by atoms with E-state index in [9.17, 15) is 4.79 Å². The number of rotatable bonds is 3. The van der Waals surface area contributed by atoms with Gasteiger partial charge in [-0.25, -0.2) is 0 Å². The summed E-state index contributed by atoms with van der Waals surface area (Å²) in [6.07, 6.45) is 5.76. The van der Waals surface area contributed by atoms with Gasteiger partial charge in [-0.15, -0.1) is 11.3 Å². The first-order valence-corrected chi connectivity index (χ1v) is 6.46. The quantitative estimate of drug-likeness (QED) is 0.650. The van der Waals surface area contributed by atoms with E-state index in [4.69, 9.17) is 0 Å². The molecule has 0 spiro atoms. The van der Waals surface area contributed by atoms with Gasteiger partial charge in [-0.1, -0.05) is 24.3 Å². The lowest BCUT2D eigenvalue weighted by Crippen LogP contribution is -1.95. The summed E-state index contributed by atoms with van der Waals surface area (Å²) in [5.41, 5.74) is 1.54. The van der Waals surface area contributed by atoms with Crippen molar-refractivity contribution in [1.29, 1.82) is 0 Å². The van der Waals surface area contributed by atoms with E-state index in [1.807, 2.05) is 71.0 Å². The molecule has 0 bridgehead atoms. The SMILES string of the molecule is O=[C]C(=Cc1cccs1)n1ccc2ccccc21. The van der Waals surface area contributed by atoms with E-state index >= 15 is 0 Å². The summed E-state index contributed by atoms with van der Waals surface area (Å²) < 4.78 is 1.86. The Morgan fingerprint density at radius 1 is 1.17 bits per heavy atom. The first-order chi connectivity index (χ1) is 8.88. The van der Waals surface area contributed by atoms with Crippen molar-refractivity contribution in [2.75, 3.05) is 0 Å². The highest BCUT2D eigenvalue weighted by Gasteiger charge is 2.05. The molecule has 3 aromatic rings. The predicted octanol–water partition coefficient (Wildman–Crippen LogP) is 3.81. The summed E-state index contributed by atoms with van der Waals surface area (Å²) in [6.45, 7) is 0. The van der Waals surface area contributed by atoms with Crippen molar-refractivity contribution in [2.24, 2.45) is 0 Å². The van der Waals surface area contributed by atoms with Gasteiger partial charge >= 0.3 is 0 Å². The van der Waals surface area contributed by atoms with E-state index in [2.05, 4.69) is 0 Å². The van der Waals surface area contributed by atoms with E-state index in [0.29, 0.717) is 5.70 Å². The van der Waals surface area contributed by atoms with Gasteiger partial charge in [0.2, 0.25) is 0 Å². The third-order valence-corrected chi connectivity index (χ3v) is 3.61. The van der Waals surface area contributed by atoms with Crippen molar-refractivity contribution in [3.63, 3.8) is 0 Å². The van der Waals surface area contributed by atoms with Crippen LogP contribution in [-0.4, -0.2) is 10.9 Å². The van der Waals surface area contributed by atoms with Crippen molar-refractivity contribution in [3.05, 3.63) is 58.9 Å². The van der Waals surface area contributed by atoms with E-state index in [1.165, 1.54) is 0 Å². The first-order valence-electron chi connectivity index (χ1n) is 5.58. The second-order valence-electron chi connectivity index (χ2n) is 3.89. The van der Waals surface area contributed by atoms with Crippen LogP contribution in [0.4, 0.5) is 0 Å². The normalized spacial score (nSPS) is 11.9. The zero-order valence-corrected chi connectivity index (χ0v) is 10.4. The average Bonchev–Trinajstić information content (AvgIpc) is 3.05. The molecule has 2 aromatic heterocycles. The molecule has 18 heavy (non-hydrogen) atoms. The average molecular weight is 252 g/mol. The summed E-state index contributed by atoms with van der Waals surface area (Å²) in [5.74, 6) is 0. The van der Waals surface area contributed by atoms with Gasteiger partial charge in [0.25, 0.3) is 6.29 Å². The number of aromatic nitrogens is 1. The van der Waals surface area contributed by atoms with Crippen LogP contribution < -0.4 is 0 Å². The number of nitrogens with zero attached hydrogens (tertiary/aromatic N) is 1. The van der Waals surface area contributed by atoms with Gasteiger partial charge in [0.1, 0.15) is 0 Å². The Morgan fingerprint density at radius 2 is 2.06 bits per heavy atom. The number of hydrogen-bond acceptors (Lipinski definition) is 2. The van der Waals surface area contributed by atoms with Gasteiger partial charge in [0.15, 0.2) is 0 Å². The van der Waals surface area contributed by atoms with E-state index in [1.54, 1.807) is 11.3 Å². The van der Waals surface area contributed by atoms with Crippen LogP contribution in [0.1, 0.15) is 4.88 Å². The smallest absolute Gasteiger partial charge is 0.251 e. The summed E-state index contributed by atoms with van der Waals surface area (Å²) in [7, 11) is 0. The molecule has 0 aliphatic rings. The summed E-state index contributed by atoms with van der Waals surface area (Å²) in [5, 5.41) is 3.10. The third-order valence-electron chi connectivity index (χ3n) is 2.79. The number of fused-ring (bicyclic) bond motifs is 1. The van der Waals surface area contributed by atoms with Crippen molar-refractivity contribution in [1.82, 2.24) is 4.57 Å². The van der Waals surface area contributed by atoms with Crippen LogP contribution in [-0.2, 0) is 4.79 Å². The summed E-state index contributed by atoms with van der Waals surface area (Å²) >= 11 is 1.60. The van der Waals surface area contributed by atoms with Gasteiger partial charge in [0.05, 0.1) is 11.2 Å². The molecule has 0 aliphatic carbocycles. The minimum atomic E-state index is 0.527. The molecular formula is C15H10NOS. The molecule has 3 rings (SSSR count). The Balaban J connectivity index is 2.15. The number of benzene rings is 1. The fourth-order valence-electron chi connectivity index (χ4n) is 1.95. The molecule has 0 atom stereocenters. The molecule has 1 radical (unpaired) electrons. The van der Waals surface area contributed by atoms with Crippen molar-refractivity contribution in [2.45, 2.75) is 0 Å². The second-order valence-corrected chi connectivity index (χ2v) is 4.87. The highest BCUT2D eigenvalue weighted by molar-refractivity contribution is 7.10. The van der Waals surface area contributed by atoms with E-state index in [0.717, 1.165) is 15.8 Å². The van der Waals surface area contributed by atoms with E-state index in [-0.39, 0.29) is 0 Å². The minimum absolute atomic E-state index is 0.527. The molecular weight excluding hydrogens is 242 g/mol. The van der Waals surface area contributed by atoms with Crippen LogP contribution in [0.2, 0.25) is 0 Å². The van der Waals surface area contributed by atoms with Gasteiger partial charge in [-0.2, -0.15) is 0 Å². The van der Waals surface area contributed by atoms with Crippen molar-refractivity contribution >= 4 is 40.3 Å². The lowest BCUT2D eigenvalue weighted by Gasteiger charge is -2.03. The van der Waals surface area contributed by atoms with Gasteiger partial charge in [-0.05, 0) is 35.0 Å². The molecule has 0 N–H and O–H groups in total. The van der Waals surface area contributed by atoms with Crippen LogP contribution in [0.3, 0.4) is 0 Å². The molecule has 0 aliphatic heterocycles. The molecule has 0 saturated carbocycles. The Bertz CT molecular complexity index is 707. The number of carbonyl (C=O) groups excluding carboxylic acids is 1. The maximum atomic E-state index is 11.2. The largest absolute Gasteiger partial charge is 0.313 e.